The summed E-state index contributed by atoms with van der Waals surface area (Å²) in [6.07, 6.45) is 1.45. The second-order valence-electron chi connectivity index (χ2n) is 3.67. The lowest BCUT2D eigenvalue weighted by Gasteiger charge is -2.00. The summed E-state index contributed by atoms with van der Waals surface area (Å²) in [4.78, 5) is 0. The van der Waals surface area contributed by atoms with E-state index in [0.29, 0.717) is 5.03 Å². The number of aromatic nitrogens is 2. The summed E-state index contributed by atoms with van der Waals surface area (Å²) in [6, 6.07) is 3.12. The first-order chi connectivity index (χ1) is 8.41. The summed E-state index contributed by atoms with van der Waals surface area (Å²) >= 11 is 6.03. The van der Waals surface area contributed by atoms with Crippen LogP contribution in [-0.4, -0.2) is 20.2 Å². The van der Waals surface area contributed by atoms with Crippen LogP contribution in [0, 0.1) is 11.6 Å². The molecule has 0 aliphatic rings. The minimum atomic E-state index is -1.34. The van der Waals surface area contributed by atoms with E-state index in [2.05, 4.69) is 5.10 Å². The molecule has 0 bridgehead atoms. The molecule has 3 nitrogen and oxygen atoms in total. The summed E-state index contributed by atoms with van der Waals surface area (Å²) in [6.45, 7) is 0. The molecule has 1 aromatic heterocycles. The van der Waals surface area contributed by atoms with Gasteiger partial charge in [-0.3, -0.25) is 8.89 Å². The van der Waals surface area contributed by atoms with Crippen LogP contribution in [0.1, 0.15) is 0 Å². The van der Waals surface area contributed by atoms with E-state index < -0.39 is 22.4 Å². The van der Waals surface area contributed by atoms with Crippen molar-refractivity contribution in [3.8, 4) is 11.3 Å². The maximum absolute atomic E-state index is 13.6. The molecule has 0 radical (unpaired) electrons. The van der Waals surface area contributed by atoms with Crippen molar-refractivity contribution in [1.82, 2.24) is 9.78 Å². The number of nitrogens with zero attached hydrogens (tertiary/aromatic N) is 2. The number of hydrogen-bond donors (Lipinski definition) is 0. The molecule has 0 saturated carbocycles. The number of benzene rings is 1. The lowest BCUT2D eigenvalue weighted by molar-refractivity contribution is 0.585. The van der Waals surface area contributed by atoms with E-state index in [-0.39, 0.29) is 16.3 Å². The summed E-state index contributed by atoms with van der Waals surface area (Å²) in [5, 5.41) is 4.44. The van der Waals surface area contributed by atoms with Gasteiger partial charge in [0.25, 0.3) is 0 Å². The minimum Gasteiger partial charge on any atom is -0.257 e. The Labute approximate surface area is 110 Å². The van der Waals surface area contributed by atoms with Crippen LogP contribution in [-0.2, 0) is 17.8 Å². The summed E-state index contributed by atoms with van der Waals surface area (Å²) < 4.78 is 39.3. The van der Waals surface area contributed by atoms with Crippen LogP contribution < -0.4 is 0 Å². The van der Waals surface area contributed by atoms with E-state index in [1.54, 1.807) is 7.05 Å². The lowest BCUT2D eigenvalue weighted by Crippen LogP contribution is -1.99. The van der Waals surface area contributed by atoms with E-state index in [9.17, 15) is 13.0 Å². The standard InChI is InChI=1S/C11H9ClF2N2OS/c1-16-11(18(2)17)9(12)10(15-16)7-4-3-6(13)5-8(7)14/h3-5H,1-2H3. The molecule has 0 spiro atoms. The number of aryl methyl sites for hydroxylation is 1. The molecule has 1 unspecified atom stereocenters. The van der Waals surface area contributed by atoms with Gasteiger partial charge in [-0.2, -0.15) is 5.10 Å². The molecule has 2 rings (SSSR count). The first-order valence-corrected chi connectivity index (χ1v) is 6.86. The number of rotatable bonds is 2. The topological polar surface area (TPSA) is 34.9 Å². The van der Waals surface area contributed by atoms with Crippen molar-refractivity contribution < 1.29 is 13.0 Å². The first-order valence-electron chi connectivity index (χ1n) is 4.93. The second-order valence-corrected chi connectivity index (χ2v) is 5.34. The molecule has 0 aliphatic heterocycles. The molecule has 0 amide bonds. The zero-order chi connectivity index (χ0) is 13.4. The Hall–Kier alpha value is -1.27. The maximum atomic E-state index is 13.6. The Morgan fingerprint density at radius 2 is 2.06 bits per heavy atom. The first kappa shape index (κ1) is 13.2. The van der Waals surface area contributed by atoms with Gasteiger partial charge in [0.05, 0.1) is 10.8 Å². The zero-order valence-electron chi connectivity index (χ0n) is 9.58. The van der Waals surface area contributed by atoms with Crippen LogP contribution in [0.4, 0.5) is 8.78 Å². The van der Waals surface area contributed by atoms with Crippen molar-refractivity contribution >= 4 is 22.4 Å². The minimum absolute atomic E-state index is 0.0775. The van der Waals surface area contributed by atoms with Gasteiger partial charge in [0.1, 0.15) is 27.4 Å². The Morgan fingerprint density at radius 1 is 1.39 bits per heavy atom. The molecular weight excluding hydrogens is 282 g/mol. The molecule has 96 valence electrons. The van der Waals surface area contributed by atoms with Gasteiger partial charge < -0.3 is 0 Å². The van der Waals surface area contributed by atoms with Crippen LogP contribution in [0.5, 0.6) is 0 Å². The van der Waals surface area contributed by atoms with E-state index in [0.717, 1.165) is 12.1 Å². The summed E-state index contributed by atoms with van der Waals surface area (Å²) in [5.41, 5.74) is 0.232. The molecule has 18 heavy (non-hydrogen) atoms. The highest BCUT2D eigenvalue weighted by molar-refractivity contribution is 7.84. The summed E-state index contributed by atoms with van der Waals surface area (Å²) in [7, 11) is 0.219. The Morgan fingerprint density at radius 3 is 2.56 bits per heavy atom. The Balaban J connectivity index is 2.65. The van der Waals surface area contributed by atoms with Crippen molar-refractivity contribution in [2.75, 3.05) is 6.26 Å². The molecule has 1 atom stereocenters. The highest BCUT2D eigenvalue weighted by atomic mass is 35.5. The van der Waals surface area contributed by atoms with Crippen LogP contribution in [0.2, 0.25) is 5.02 Å². The van der Waals surface area contributed by atoms with Crippen molar-refractivity contribution in [3.63, 3.8) is 0 Å². The average Bonchev–Trinajstić information content (AvgIpc) is 2.54. The summed E-state index contributed by atoms with van der Waals surface area (Å²) in [5.74, 6) is -1.44. The fourth-order valence-electron chi connectivity index (χ4n) is 1.65. The van der Waals surface area contributed by atoms with Crippen LogP contribution >= 0.6 is 11.6 Å². The molecule has 0 saturated heterocycles. The van der Waals surface area contributed by atoms with E-state index in [1.807, 2.05) is 0 Å². The SMILES string of the molecule is Cn1nc(-c2ccc(F)cc2F)c(Cl)c1S(C)=O. The second kappa shape index (κ2) is 4.78. The van der Waals surface area contributed by atoms with Gasteiger partial charge in [-0.15, -0.1) is 0 Å². The highest BCUT2D eigenvalue weighted by Gasteiger charge is 2.20. The number of hydrogen-bond acceptors (Lipinski definition) is 2. The smallest absolute Gasteiger partial charge is 0.143 e. The molecule has 0 fully saturated rings. The third-order valence-corrected chi connectivity index (χ3v) is 3.88. The third-order valence-electron chi connectivity index (χ3n) is 2.40. The van der Waals surface area contributed by atoms with Crippen molar-refractivity contribution in [3.05, 3.63) is 34.9 Å². The van der Waals surface area contributed by atoms with Gasteiger partial charge in [-0.25, -0.2) is 8.78 Å². The monoisotopic (exact) mass is 290 g/mol. The highest BCUT2D eigenvalue weighted by Crippen LogP contribution is 2.32. The predicted octanol–water partition coefficient (Wildman–Crippen LogP) is 2.76. The van der Waals surface area contributed by atoms with Gasteiger partial charge in [0, 0.05) is 24.9 Å². The zero-order valence-corrected chi connectivity index (χ0v) is 11.1. The third kappa shape index (κ3) is 2.18. The van der Waals surface area contributed by atoms with E-state index in [4.69, 9.17) is 11.6 Å². The lowest BCUT2D eigenvalue weighted by atomic mass is 10.1. The van der Waals surface area contributed by atoms with Crippen LogP contribution in [0.15, 0.2) is 23.2 Å². The predicted molar refractivity (Wildman–Crippen MR) is 65.9 cm³/mol. The van der Waals surface area contributed by atoms with Gasteiger partial charge in [-0.1, -0.05) is 11.6 Å². The van der Waals surface area contributed by atoms with Crippen molar-refractivity contribution in [2.45, 2.75) is 5.03 Å². The normalized spacial score (nSPS) is 12.7. The fraction of sp³-hybridized carbons (Fsp3) is 0.182. The Bertz CT molecular complexity index is 642. The quantitative estimate of drug-likeness (QED) is 0.852. The molecule has 0 N–H and O–H groups in total. The van der Waals surface area contributed by atoms with Crippen LogP contribution in [0.3, 0.4) is 0 Å². The van der Waals surface area contributed by atoms with Crippen molar-refractivity contribution in [1.29, 1.82) is 0 Å². The molecule has 0 aliphatic carbocycles. The van der Waals surface area contributed by atoms with E-state index >= 15 is 0 Å². The van der Waals surface area contributed by atoms with Gasteiger partial charge in [0.15, 0.2) is 0 Å². The average molecular weight is 291 g/mol. The molecule has 1 aromatic carbocycles. The van der Waals surface area contributed by atoms with Crippen LogP contribution in [0.25, 0.3) is 11.3 Å². The Kier molecular flexibility index (Phi) is 3.49. The molecule has 2 aromatic rings. The van der Waals surface area contributed by atoms with Gasteiger partial charge in [-0.05, 0) is 12.1 Å². The van der Waals surface area contributed by atoms with E-state index in [1.165, 1.54) is 17.0 Å². The molecule has 7 heteroatoms. The largest absolute Gasteiger partial charge is 0.257 e. The molecular formula is C11H9ClF2N2OS. The number of halogens is 3. The van der Waals surface area contributed by atoms with Crippen molar-refractivity contribution in [2.24, 2.45) is 7.05 Å². The van der Waals surface area contributed by atoms with Gasteiger partial charge in [0.2, 0.25) is 0 Å². The fourth-order valence-corrected chi connectivity index (χ4v) is 3.00. The maximum Gasteiger partial charge on any atom is 0.143 e. The van der Waals surface area contributed by atoms with Gasteiger partial charge >= 0.3 is 0 Å². The molecule has 1 heterocycles.